The van der Waals surface area contributed by atoms with Crippen molar-refractivity contribution in [1.29, 1.82) is 0 Å². The first-order valence-electron chi connectivity index (χ1n) is 18.8. The molecule has 2 unspecified atom stereocenters. The van der Waals surface area contributed by atoms with Gasteiger partial charge in [-0.1, -0.05) is 121 Å². The van der Waals surface area contributed by atoms with Crippen LogP contribution in [0.4, 0.5) is 11.5 Å². The van der Waals surface area contributed by atoms with Gasteiger partial charge in [-0.05, 0) is 80.3 Å². The number of imidazole rings is 1. The molecule has 5 nitrogen and oxygen atoms in total. The molecule has 8 aromatic carbocycles. The molecule has 10 aromatic rings. The number of ether oxygens (including phenoxy) is 1. The minimum Gasteiger partial charge on any atom is -0.457 e. The van der Waals surface area contributed by atoms with E-state index in [4.69, 9.17) is 9.72 Å². The molecule has 12 rings (SSSR count). The van der Waals surface area contributed by atoms with Crippen LogP contribution in [0.25, 0.3) is 70.7 Å². The Labute approximate surface area is 316 Å². The van der Waals surface area contributed by atoms with Crippen molar-refractivity contribution < 1.29 is 4.74 Å². The quantitative estimate of drug-likeness (QED) is 0.171. The van der Waals surface area contributed by atoms with Gasteiger partial charge >= 0.3 is 0 Å². The highest BCUT2D eigenvalue weighted by Gasteiger charge is 2.39. The summed E-state index contributed by atoms with van der Waals surface area (Å²) in [6.07, 6.45) is 10.8. The summed E-state index contributed by atoms with van der Waals surface area (Å²) in [6.45, 7) is 0. The van der Waals surface area contributed by atoms with Crippen molar-refractivity contribution in [3.63, 3.8) is 0 Å². The molecule has 1 aliphatic heterocycles. The number of allylic oxidation sites excluding steroid dienone is 2. The van der Waals surface area contributed by atoms with Gasteiger partial charge in [0.2, 0.25) is 0 Å². The molecule has 0 saturated heterocycles. The zero-order valence-corrected chi connectivity index (χ0v) is 29.7. The van der Waals surface area contributed by atoms with E-state index >= 15 is 0 Å². The molecular weight excluding hydrogens is 673 g/mol. The Morgan fingerprint density at radius 3 is 2.18 bits per heavy atom. The lowest BCUT2D eigenvalue weighted by molar-refractivity contribution is 0.482. The number of benzene rings is 8. The summed E-state index contributed by atoms with van der Waals surface area (Å²) in [5.74, 6) is 2.66. The van der Waals surface area contributed by atoms with Gasteiger partial charge < -0.3 is 9.64 Å². The normalized spacial score (nSPS) is 16.2. The number of aromatic nitrogens is 3. The van der Waals surface area contributed by atoms with Gasteiger partial charge in [-0.15, -0.1) is 0 Å². The molecule has 0 N–H and O–H groups in total. The number of para-hydroxylation sites is 2. The van der Waals surface area contributed by atoms with E-state index in [-0.39, 0.29) is 12.0 Å². The molecule has 0 amide bonds. The molecular formula is C50H32N4O. The van der Waals surface area contributed by atoms with E-state index < -0.39 is 0 Å². The van der Waals surface area contributed by atoms with Gasteiger partial charge in [-0.2, -0.15) is 0 Å². The van der Waals surface area contributed by atoms with E-state index in [1.165, 1.54) is 48.7 Å². The maximum atomic E-state index is 6.69. The largest absolute Gasteiger partial charge is 0.457 e. The minimum absolute atomic E-state index is 0.0601. The highest BCUT2D eigenvalue weighted by atomic mass is 16.5. The van der Waals surface area contributed by atoms with Crippen molar-refractivity contribution in [3.05, 3.63) is 188 Å². The van der Waals surface area contributed by atoms with Gasteiger partial charge in [0.15, 0.2) is 0 Å². The van der Waals surface area contributed by atoms with Crippen molar-refractivity contribution in [2.45, 2.75) is 12.0 Å². The third kappa shape index (κ3) is 4.53. The Hall–Kier alpha value is -7.24. The summed E-state index contributed by atoms with van der Waals surface area (Å²) in [6, 6.07) is 53.9. The number of rotatable bonds is 4. The number of hydrogen-bond donors (Lipinski definition) is 0. The summed E-state index contributed by atoms with van der Waals surface area (Å²) in [7, 11) is 0. The van der Waals surface area contributed by atoms with Crippen molar-refractivity contribution in [1.82, 2.24) is 14.5 Å². The predicted octanol–water partition coefficient (Wildman–Crippen LogP) is 12.7. The number of nitrogens with zero attached hydrogens (tertiary/aromatic N) is 4. The van der Waals surface area contributed by atoms with Gasteiger partial charge in [0.05, 0.1) is 34.0 Å². The number of fused-ring (bicyclic) bond motifs is 13. The van der Waals surface area contributed by atoms with Crippen LogP contribution in [0.3, 0.4) is 0 Å². The Morgan fingerprint density at radius 2 is 1.27 bits per heavy atom. The molecule has 0 radical (unpaired) electrons. The summed E-state index contributed by atoms with van der Waals surface area (Å²) in [5, 5.41) is 11.0. The lowest BCUT2D eigenvalue weighted by Gasteiger charge is -2.29. The van der Waals surface area contributed by atoms with Gasteiger partial charge in [0, 0.05) is 34.2 Å². The summed E-state index contributed by atoms with van der Waals surface area (Å²) >= 11 is 0. The summed E-state index contributed by atoms with van der Waals surface area (Å²) in [5.41, 5.74) is 6.36. The van der Waals surface area contributed by atoms with Gasteiger partial charge in [0.25, 0.3) is 0 Å². The average molecular weight is 705 g/mol. The van der Waals surface area contributed by atoms with Crippen molar-refractivity contribution in [2.75, 3.05) is 4.90 Å². The molecule has 2 aliphatic rings. The maximum absolute atomic E-state index is 6.69. The Kier molecular flexibility index (Phi) is 6.39. The van der Waals surface area contributed by atoms with Crippen LogP contribution >= 0.6 is 0 Å². The zero-order valence-electron chi connectivity index (χ0n) is 29.7. The number of hydrogen-bond acceptors (Lipinski definition) is 4. The van der Waals surface area contributed by atoms with Crippen LogP contribution in [-0.4, -0.2) is 20.6 Å². The summed E-state index contributed by atoms with van der Waals surface area (Å²) < 4.78 is 8.79. The SMILES string of the molecule is C1=CC2c3ccc(Oc4cccc(-n5cnc6ccccc65)c4)cc3N(c3nc4ccc5ccccc5c4c4c3ccc3ccc5ccccc5c34)C2C=C1. The maximum Gasteiger partial charge on any atom is 0.142 e. The lowest BCUT2D eigenvalue weighted by atomic mass is 9.91. The van der Waals surface area contributed by atoms with Gasteiger partial charge in [-0.3, -0.25) is 4.57 Å². The van der Waals surface area contributed by atoms with Crippen molar-refractivity contribution in [3.8, 4) is 17.2 Å². The fourth-order valence-corrected chi connectivity index (χ4v) is 9.14. The Balaban J connectivity index is 1.07. The van der Waals surface area contributed by atoms with Crippen LogP contribution in [0.5, 0.6) is 11.5 Å². The van der Waals surface area contributed by atoms with E-state index in [0.29, 0.717) is 0 Å². The fraction of sp³-hybridized carbons (Fsp3) is 0.0400. The van der Waals surface area contributed by atoms with Crippen LogP contribution in [-0.2, 0) is 0 Å². The number of pyridine rings is 1. The fourth-order valence-electron chi connectivity index (χ4n) is 9.14. The molecule has 0 spiro atoms. The standard InChI is InChI=1S/C50H32N4O/c1-3-14-37-31(10-1)20-21-33-22-25-41-49(47(33)37)48-38-15-4-2-11-32(38)23-27-43(48)52-50(41)54-44-18-7-5-16-39(44)40-26-24-36(29-46(40)54)55-35-13-9-12-34(28-35)53-30-51-42-17-6-8-19-45(42)53/h1-30,39,44H. The molecule has 1 aliphatic carbocycles. The van der Waals surface area contributed by atoms with Gasteiger partial charge in [-0.25, -0.2) is 9.97 Å². The zero-order chi connectivity index (χ0) is 36.0. The third-order valence-corrected chi connectivity index (χ3v) is 11.6. The van der Waals surface area contributed by atoms with E-state index in [1.54, 1.807) is 0 Å². The second-order valence-electron chi connectivity index (χ2n) is 14.6. The first-order valence-corrected chi connectivity index (χ1v) is 18.8. The van der Waals surface area contributed by atoms with Crippen molar-refractivity contribution in [2.24, 2.45) is 0 Å². The first-order chi connectivity index (χ1) is 27.3. The molecule has 258 valence electrons. The predicted molar refractivity (Wildman–Crippen MR) is 226 cm³/mol. The Morgan fingerprint density at radius 1 is 0.527 bits per heavy atom. The van der Waals surface area contributed by atoms with Gasteiger partial charge in [0.1, 0.15) is 23.6 Å². The third-order valence-electron chi connectivity index (χ3n) is 11.6. The lowest BCUT2D eigenvalue weighted by Crippen LogP contribution is -2.29. The van der Waals surface area contributed by atoms with Crippen molar-refractivity contribution >= 4 is 76.5 Å². The van der Waals surface area contributed by atoms with Crippen LogP contribution in [0.15, 0.2) is 182 Å². The topological polar surface area (TPSA) is 43.2 Å². The van der Waals surface area contributed by atoms with Crippen LogP contribution in [0.1, 0.15) is 11.5 Å². The molecule has 3 heterocycles. The molecule has 2 atom stereocenters. The summed E-state index contributed by atoms with van der Waals surface area (Å²) in [4.78, 5) is 12.7. The molecule has 0 saturated carbocycles. The van der Waals surface area contributed by atoms with E-state index in [1.807, 2.05) is 36.7 Å². The van der Waals surface area contributed by atoms with E-state index in [9.17, 15) is 0 Å². The molecule has 5 heteroatoms. The van der Waals surface area contributed by atoms with Crippen LogP contribution in [0.2, 0.25) is 0 Å². The monoisotopic (exact) mass is 704 g/mol. The average Bonchev–Trinajstić information content (AvgIpc) is 3.82. The van der Waals surface area contributed by atoms with Crippen LogP contribution < -0.4 is 9.64 Å². The molecule has 55 heavy (non-hydrogen) atoms. The Bertz CT molecular complexity index is 3230. The second-order valence-corrected chi connectivity index (χ2v) is 14.6. The smallest absolute Gasteiger partial charge is 0.142 e. The molecule has 0 bridgehead atoms. The highest BCUT2D eigenvalue weighted by Crippen LogP contribution is 2.52. The minimum atomic E-state index is 0.0601. The molecule has 0 fully saturated rings. The number of anilines is 2. The first kappa shape index (κ1) is 30.2. The van der Waals surface area contributed by atoms with E-state index in [2.05, 4.69) is 160 Å². The van der Waals surface area contributed by atoms with Crippen LogP contribution in [0, 0.1) is 0 Å². The van der Waals surface area contributed by atoms with E-state index in [0.717, 1.165) is 50.6 Å². The molecule has 2 aromatic heterocycles. The highest BCUT2D eigenvalue weighted by molar-refractivity contribution is 6.33. The second kappa shape index (κ2) is 11.6.